The molecule has 3 N–H and O–H groups in total. The summed E-state index contributed by atoms with van der Waals surface area (Å²) in [7, 11) is 2.04. The Balaban J connectivity index is 2.75. The number of aryl methyl sites for hydroxylation is 2. The van der Waals surface area contributed by atoms with E-state index in [2.05, 4.69) is 42.3 Å². The fourth-order valence-electron chi connectivity index (χ4n) is 2.38. The first-order chi connectivity index (χ1) is 9.28. The monoisotopic (exact) mass is 277 g/mol. The lowest BCUT2D eigenvalue weighted by Crippen LogP contribution is -2.54. The lowest BCUT2D eigenvalue weighted by atomic mass is 9.96. The first-order valence-electron chi connectivity index (χ1n) is 7.13. The van der Waals surface area contributed by atoms with Crippen molar-refractivity contribution in [3.63, 3.8) is 0 Å². The van der Waals surface area contributed by atoms with Crippen LogP contribution in [0.4, 0.5) is 5.69 Å². The molecule has 112 valence electrons. The minimum Gasteiger partial charge on any atom is -0.374 e. The number of carbonyl (C=O) groups is 1. The minimum absolute atomic E-state index is 0.298. The number of nitrogens with zero attached hydrogens (tertiary/aromatic N) is 1. The third-order valence-electron chi connectivity index (χ3n) is 3.71. The van der Waals surface area contributed by atoms with E-state index in [4.69, 9.17) is 5.73 Å². The van der Waals surface area contributed by atoms with Crippen molar-refractivity contribution >= 4 is 11.6 Å². The zero-order valence-electron chi connectivity index (χ0n) is 13.3. The van der Waals surface area contributed by atoms with Crippen LogP contribution in [-0.4, -0.2) is 31.6 Å². The second-order valence-electron chi connectivity index (χ2n) is 5.74. The summed E-state index contributed by atoms with van der Waals surface area (Å²) in [6.45, 7) is 9.54. The van der Waals surface area contributed by atoms with Gasteiger partial charge in [-0.25, -0.2) is 0 Å². The second kappa shape index (κ2) is 6.75. The molecule has 1 atom stereocenters. The quantitative estimate of drug-likeness (QED) is 0.801. The summed E-state index contributed by atoms with van der Waals surface area (Å²) < 4.78 is 0. The highest BCUT2D eigenvalue weighted by Gasteiger charge is 2.29. The standard InChI is InChI=1S/C16H27N3O/c1-6-18-16(4,15(17)20)7-8-19(5)14-10-12(2)9-13(3)11-14/h9-11,18H,6-8H2,1-5H3,(H2,17,20). The van der Waals surface area contributed by atoms with Crippen molar-refractivity contribution in [1.29, 1.82) is 0 Å². The third kappa shape index (κ3) is 4.23. The largest absolute Gasteiger partial charge is 0.374 e. The van der Waals surface area contributed by atoms with Gasteiger partial charge in [0.25, 0.3) is 0 Å². The van der Waals surface area contributed by atoms with Crippen molar-refractivity contribution in [1.82, 2.24) is 5.32 Å². The van der Waals surface area contributed by atoms with Gasteiger partial charge in [-0.1, -0.05) is 13.0 Å². The number of hydrogen-bond acceptors (Lipinski definition) is 3. The Morgan fingerprint density at radius 2 is 1.85 bits per heavy atom. The number of anilines is 1. The number of nitrogens with two attached hydrogens (primary N) is 1. The minimum atomic E-state index is -0.651. The molecule has 1 amide bonds. The lowest BCUT2D eigenvalue weighted by Gasteiger charge is -2.30. The average Bonchev–Trinajstić information content (AvgIpc) is 2.35. The van der Waals surface area contributed by atoms with Gasteiger partial charge in [0.05, 0.1) is 5.54 Å². The normalized spacial score (nSPS) is 13.8. The molecule has 0 aliphatic rings. The highest BCUT2D eigenvalue weighted by molar-refractivity contribution is 5.84. The molecule has 4 nitrogen and oxygen atoms in total. The van der Waals surface area contributed by atoms with Crippen molar-refractivity contribution < 1.29 is 4.79 Å². The van der Waals surface area contributed by atoms with E-state index < -0.39 is 5.54 Å². The molecule has 0 saturated heterocycles. The average molecular weight is 277 g/mol. The lowest BCUT2D eigenvalue weighted by molar-refractivity contribution is -0.123. The van der Waals surface area contributed by atoms with E-state index in [1.165, 1.54) is 16.8 Å². The molecule has 0 aliphatic heterocycles. The Morgan fingerprint density at radius 1 is 1.30 bits per heavy atom. The number of hydrogen-bond donors (Lipinski definition) is 2. The van der Waals surface area contributed by atoms with Crippen molar-refractivity contribution in [3.05, 3.63) is 29.3 Å². The molecule has 0 radical (unpaired) electrons. The molecule has 20 heavy (non-hydrogen) atoms. The third-order valence-corrected chi connectivity index (χ3v) is 3.71. The van der Waals surface area contributed by atoms with Gasteiger partial charge >= 0.3 is 0 Å². The maximum Gasteiger partial charge on any atom is 0.237 e. The summed E-state index contributed by atoms with van der Waals surface area (Å²) in [6.07, 6.45) is 0.680. The Kier molecular flexibility index (Phi) is 5.57. The summed E-state index contributed by atoms with van der Waals surface area (Å²) in [5.41, 5.74) is 8.52. The van der Waals surface area contributed by atoms with E-state index in [1.807, 2.05) is 20.9 Å². The van der Waals surface area contributed by atoms with E-state index in [9.17, 15) is 4.79 Å². The number of nitrogens with one attached hydrogen (secondary N) is 1. The van der Waals surface area contributed by atoms with E-state index in [1.54, 1.807) is 0 Å². The fourth-order valence-corrected chi connectivity index (χ4v) is 2.38. The molecule has 4 heteroatoms. The zero-order chi connectivity index (χ0) is 15.3. The van der Waals surface area contributed by atoms with Gasteiger partial charge in [0.1, 0.15) is 0 Å². The first-order valence-corrected chi connectivity index (χ1v) is 7.13. The molecule has 0 aliphatic carbocycles. The van der Waals surface area contributed by atoms with Crippen LogP contribution in [0.15, 0.2) is 18.2 Å². The summed E-state index contributed by atoms with van der Waals surface area (Å²) in [4.78, 5) is 13.8. The number of rotatable bonds is 7. The van der Waals surface area contributed by atoms with Crippen molar-refractivity contribution in [2.24, 2.45) is 5.73 Å². The molecule has 1 unspecified atom stereocenters. The number of carbonyl (C=O) groups excluding carboxylic acids is 1. The highest BCUT2D eigenvalue weighted by Crippen LogP contribution is 2.19. The Morgan fingerprint density at radius 3 is 2.30 bits per heavy atom. The molecule has 1 rings (SSSR count). The molecule has 0 saturated carbocycles. The smallest absolute Gasteiger partial charge is 0.237 e. The van der Waals surface area contributed by atoms with Crippen LogP contribution in [0.5, 0.6) is 0 Å². The number of benzene rings is 1. The van der Waals surface area contributed by atoms with E-state index in [0.29, 0.717) is 6.42 Å². The van der Waals surface area contributed by atoms with Gasteiger partial charge in [-0.2, -0.15) is 0 Å². The van der Waals surface area contributed by atoms with E-state index in [-0.39, 0.29) is 5.91 Å². The van der Waals surface area contributed by atoms with Crippen LogP contribution in [0.25, 0.3) is 0 Å². The van der Waals surface area contributed by atoms with Gasteiger partial charge in [0, 0.05) is 19.3 Å². The topological polar surface area (TPSA) is 58.4 Å². The van der Waals surface area contributed by atoms with Gasteiger partial charge < -0.3 is 16.0 Å². The summed E-state index contributed by atoms with van der Waals surface area (Å²) in [6, 6.07) is 6.47. The predicted octanol–water partition coefficient (Wildman–Crippen LogP) is 1.98. The Labute approximate surface area is 122 Å². The van der Waals surface area contributed by atoms with Gasteiger partial charge in [-0.15, -0.1) is 0 Å². The molecule has 1 aromatic rings. The molecule has 1 aromatic carbocycles. The maximum atomic E-state index is 11.6. The zero-order valence-corrected chi connectivity index (χ0v) is 13.3. The summed E-state index contributed by atoms with van der Waals surface area (Å²) in [5.74, 6) is -0.298. The SMILES string of the molecule is CCNC(C)(CCN(C)c1cc(C)cc(C)c1)C(N)=O. The van der Waals surface area contributed by atoms with Crippen LogP contribution in [0.1, 0.15) is 31.4 Å². The van der Waals surface area contributed by atoms with Crippen LogP contribution in [0, 0.1) is 13.8 Å². The summed E-state index contributed by atoms with van der Waals surface area (Å²) in [5, 5.41) is 3.19. The van der Waals surface area contributed by atoms with Crippen LogP contribution < -0.4 is 16.0 Å². The van der Waals surface area contributed by atoms with Crippen LogP contribution in [0.3, 0.4) is 0 Å². The molecule has 0 heterocycles. The van der Waals surface area contributed by atoms with E-state index >= 15 is 0 Å². The molecule has 0 spiro atoms. The molecule has 0 fully saturated rings. The van der Waals surface area contributed by atoms with Gasteiger partial charge in [-0.3, -0.25) is 4.79 Å². The molecular formula is C16H27N3O. The van der Waals surface area contributed by atoms with Crippen molar-refractivity contribution in [3.8, 4) is 0 Å². The molecule has 0 bridgehead atoms. The Hall–Kier alpha value is -1.55. The molecular weight excluding hydrogens is 250 g/mol. The molecule has 0 aromatic heterocycles. The van der Waals surface area contributed by atoms with Gasteiger partial charge in [0.2, 0.25) is 5.91 Å². The highest BCUT2D eigenvalue weighted by atomic mass is 16.1. The van der Waals surface area contributed by atoms with Gasteiger partial charge in [-0.05, 0) is 57.0 Å². The second-order valence-corrected chi connectivity index (χ2v) is 5.74. The fraction of sp³-hybridized carbons (Fsp3) is 0.562. The van der Waals surface area contributed by atoms with Crippen LogP contribution in [-0.2, 0) is 4.79 Å². The number of likely N-dealkylation sites (N-methyl/N-ethyl adjacent to an activating group) is 1. The predicted molar refractivity (Wildman–Crippen MR) is 85.1 cm³/mol. The maximum absolute atomic E-state index is 11.6. The van der Waals surface area contributed by atoms with Gasteiger partial charge in [0.15, 0.2) is 0 Å². The van der Waals surface area contributed by atoms with Crippen molar-refractivity contribution in [2.75, 3.05) is 25.0 Å². The number of amides is 1. The number of primary amides is 1. The van der Waals surface area contributed by atoms with Crippen molar-refractivity contribution in [2.45, 2.75) is 39.7 Å². The first kappa shape index (κ1) is 16.5. The Bertz CT molecular complexity index is 453. The van der Waals surface area contributed by atoms with E-state index in [0.717, 1.165) is 13.1 Å². The summed E-state index contributed by atoms with van der Waals surface area (Å²) >= 11 is 0. The van der Waals surface area contributed by atoms with Crippen LogP contribution in [0.2, 0.25) is 0 Å². The van der Waals surface area contributed by atoms with Crippen LogP contribution >= 0.6 is 0 Å².